The molecule has 0 aliphatic heterocycles. The summed E-state index contributed by atoms with van der Waals surface area (Å²) in [6, 6.07) is 2.89. The second-order valence-electron chi connectivity index (χ2n) is 2.77. The Morgan fingerprint density at radius 2 is 2.13 bits per heavy atom. The number of nitrogens with one attached hydrogen (secondary N) is 1. The maximum absolute atomic E-state index is 12.7. The lowest BCUT2D eigenvalue weighted by Gasteiger charge is -2.08. The van der Waals surface area contributed by atoms with E-state index in [0.717, 1.165) is 18.2 Å². The topological polar surface area (TPSA) is 49.3 Å². The standard InChI is InChI=1S/C9H8F3NO2/c10-5-1-2-7(13-4-8(11)12)6(3-5)9(14)15/h1-3,8,13H,4H2,(H,14,15). The number of hydrogen-bond donors (Lipinski definition) is 2. The van der Waals surface area contributed by atoms with Crippen molar-refractivity contribution in [3.63, 3.8) is 0 Å². The van der Waals surface area contributed by atoms with Gasteiger partial charge in [-0.25, -0.2) is 18.0 Å². The fraction of sp³-hybridized carbons (Fsp3) is 0.222. The maximum atomic E-state index is 12.7. The summed E-state index contributed by atoms with van der Waals surface area (Å²) in [5, 5.41) is 10.9. The van der Waals surface area contributed by atoms with Gasteiger partial charge in [0.1, 0.15) is 5.82 Å². The third-order valence-electron chi connectivity index (χ3n) is 1.66. The normalized spacial score (nSPS) is 10.4. The van der Waals surface area contributed by atoms with E-state index in [2.05, 4.69) is 5.32 Å². The predicted octanol–water partition coefficient (Wildman–Crippen LogP) is 2.20. The van der Waals surface area contributed by atoms with E-state index >= 15 is 0 Å². The number of anilines is 1. The first-order chi connectivity index (χ1) is 7.00. The second kappa shape index (κ2) is 4.68. The number of alkyl halides is 2. The molecule has 6 heteroatoms. The van der Waals surface area contributed by atoms with Crippen LogP contribution >= 0.6 is 0 Å². The molecular formula is C9H8F3NO2. The van der Waals surface area contributed by atoms with Crippen LogP contribution in [0.5, 0.6) is 0 Å². The number of hydrogen-bond acceptors (Lipinski definition) is 2. The molecule has 2 N–H and O–H groups in total. The molecule has 0 heterocycles. The minimum Gasteiger partial charge on any atom is -0.478 e. The highest BCUT2D eigenvalue weighted by Crippen LogP contribution is 2.17. The van der Waals surface area contributed by atoms with Crippen molar-refractivity contribution < 1.29 is 23.1 Å². The number of halogens is 3. The minimum atomic E-state index is -2.60. The van der Waals surface area contributed by atoms with Crippen molar-refractivity contribution in [3.8, 4) is 0 Å². The molecule has 0 saturated heterocycles. The molecule has 0 unspecified atom stereocenters. The van der Waals surface area contributed by atoms with Crippen molar-refractivity contribution in [2.24, 2.45) is 0 Å². The van der Waals surface area contributed by atoms with Crippen molar-refractivity contribution in [3.05, 3.63) is 29.6 Å². The molecule has 0 atom stereocenters. The Morgan fingerprint density at radius 3 is 2.67 bits per heavy atom. The summed E-state index contributed by atoms with van der Waals surface area (Å²) in [5.74, 6) is -2.10. The molecule has 0 bridgehead atoms. The molecule has 0 spiro atoms. The summed E-state index contributed by atoms with van der Waals surface area (Å²) >= 11 is 0. The van der Waals surface area contributed by atoms with Crippen LogP contribution in [-0.4, -0.2) is 24.0 Å². The van der Waals surface area contributed by atoms with Crippen LogP contribution < -0.4 is 5.32 Å². The summed E-state index contributed by atoms with van der Waals surface area (Å²) < 4.78 is 36.4. The van der Waals surface area contributed by atoms with Gasteiger partial charge < -0.3 is 10.4 Å². The van der Waals surface area contributed by atoms with Crippen molar-refractivity contribution >= 4 is 11.7 Å². The summed E-state index contributed by atoms with van der Waals surface area (Å²) in [4.78, 5) is 10.6. The molecule has 0 amide bonds. The third kappa shape index (κ3) is 3.16. The quantitative estimate of drug-likeness (QED) is 0.816. The number of carbonyl (C=O) groups is 1. The molecule has 0 fully saturated rings. The van der Waals surface area contributed by atoms with Crippen LogP contribution in [0.15, 0.2) is 18.2 Å². The van der Waals surface area contributed by atoms with E-state index in [1.807, 2.05) is 0 Å². The van der Waals surface area contributed by atoms with Gasteiger partial charge in [0.05, 0.1) is 12.1 Å². The van der Waals surface area contributed by atoms with E-state index in [1.165, 1.54) is 0 Å². The SMILES string of the molecule is O=C(O)c1cc(F)ccc1NCC(F)F. The van der Waals surface area contributed by atoms with E-state index in [1.54, 1.807) is 0 Å². The van der Waals surface area contributed by atoms with Gasteiger partial charge in [0.25, 0.3) is 6.43 Å². The Kier molecular flexibility index (Phi) is 3.54. The predicted molar refractivity (Wildman–Crippen MR) is 47.9 cm³/mol. The van der Waals surface area contributed by atoms with Gasteiger partial charge >= 0.3 is 5.97 Å². The van der Waals surface area contributed by atoms with Crippen molar-refractivity contribution in [1.82, 2.24) is 0 Å². The average Bonchev–Trinajstić information content (AvgIpc) is 2.15. The molecule has 0 saturated carbocycles. The molecule has 0 radical (unpaired) electrons. The van der Waals surface area contributed by atoms with Crippen molar-refractivity contribution in [2.45, 2.75) is 6.43 Å². The first-order valence-electron chi connectivity index (χ1n) is 4.05. The second-order valence-corrected chi connectivity index (χ2v) is 2.77. The van der Waals surface area contributed by atoms with Crippen LogP contribution in [0, 0.1) is 5.82 Å². The van der Waals surface area contributed by atoms with Crippen LogP contribution in [0.1, 0.15) is 10.4 Å². The summed E-state index contributed by atoms with van der Waals surface area (Å²) in [6.07, 6.45) is -2.60. The highest BCUT2D eigenvalue weighted by molar-refractivity contribution is 5.94. The summed E-state index contributed by atoms with van der Waals surface area (Å²) in [6.45, 7) is -0.675. The monoisotopic (exact) mass is 219 g/mol. The number of carboxylic acids is 1. The maximum Gasteiger partial charge on any atom is 0.337 e. The van der Waals surface area contributed by atoms with Gasteiger partial charge in [0, 0.05) is 5.69 Å². The highest BCUT2D eigenvalue weighted by Gasteiger charge is 2.12. The van der Waals surface area contributed by atoms with E-state index < -0.39 is 24.8 Å². The Labute approximate surface area is 83.5 Å². The van der Waals surface area contributed by atoms with Crippen LogP contribution in [0.2, 0.25) is 0 Å². The fourth-order valence-corrected chi connectivity index (χ4v) is 1.03. The Hall–Kier alpha value is -1.72. The molecule has 1 aromatic carbocycles. The van der Waals surface area contributed by atoms with Gasteiger partial charge in [-0.3, -0.25) is 0 Å². The van der Waals surface area contributed by atoms with Crippen LogP contribution in [0.25, 0.3) is 0 Å². The lowest BCUT2D eigenvalue weighted by atomic mass is 10.1. The minimum absolute atomic E-state index is 0.0239. The fourth-order valence-electron chi connectivity index (χ4n) is 1.03. The van der Waals surface area contributed by atoms with E-state index in [0.29, 0.717) is 0 Å². The molecule has 0 aliphatic rings. The van der Waals surface area contributed by atoms with Gasteiger partial charge in [-0.2, -0.15) is 0 Å². The van der Waals surface area contributed by atoms with Gasteiger partial charge in [-0.15, -0.1) is 0 Å². The molecule has 0 aliphatic carbocycles. The van der Waals surface area contributed by atoms with Gasteiger partial charge in [-0.1, -0.05) is 0 Å². The smallest absolute Gasteiger partial charge is 0.337 e. The zero-order valence-electron chi connectivity index (χ0n) is 7.51. The highest BCUT2D eigenvalue weighted by atomic mass is 19.3. The zero-order chi connectivity index (χ0) is 11.4. The van der Waals surface area contributed by atoms with Crippen LogP contribution in [0.4, 0.5) is 18.9 Å². The van der Waals surface area contributed by atoms with Crippen LogP contribution in [0.3, 0.4) is 0 Å². The molecule has 1 rings (SSSR count). The van der Waals surface area contributed by atoms with E-state index in [9.17, 15) is 18.0 Å². The molecule has 3 nitrogen and oxygen atoms in total. The van der Waals surface area contributed by atoms with Gasteiger partial charge in [0.15, 0.2) is 0 Å². The largest absolute Gasteiger partial charge is 0.478 e. The number of carboxylic acid groups (broad SMARTS) is 1. The lowest BCUT2D eigenvalue weighted by Crippen LogP contribution is -2.13. The lowest BCUT2D eigenvalue weighted by molar-refractivity contribution is 0.0697. The summed E-state index contributed by atoms with van der Waals surface area (Å²) in [7, 11) is 0. The first-order valence-corrected chi connectivity index (χ1v) is 4.05. The van der Waals surface area contributed by atoms with Crippen LogP contribution in [-0.2, 0) is 0 Å². The van der Waals surface area contributed by atoms with Crippen molar-refractivity contribution in [1.29, 1.82) is 0 Å². The Balaban J connectivity index is 2.91. The molecule has 15 heavy (non-hydrogen) atoms. The Bertz CT molecular complexity index is 368. The van der Waals surface area contributed by atoms with Gasteiger partial charge in [0.2, 0.25) is 0 Å². The van der Waals surface area contributed by atoms with E-state index in [4.69, 9.17) is 5.11 Å². The number of rotatable bonds is 4. The van der Waals surface area contributed by atoms with Crippen molar-refractivity contribution in [2.75, 3.05) is 11.9 Å². The third-order valence-corrected chi connectivity index (χ3v) is 1.66. The molecule has 1 aromatic rings. The average molecular weight is 219 g/mol. The zero-order valence-corrected chi connectivity index (χ0v) is 7.51. The molecule has 0 aromatic heterocycles. The first kappa shape index (κ1) is 11.4. The number of benzene rings is 1. The molecular weight excluding hydrogens is 211 g/mol. The Morgan fingerprint density at radius 1 is 1.47 bits per heavy atom. The number of aromatic carboxylic acids is 1. The summed E-state index contributed by atoms with van der Waals surface area (Å²) in [5.41, 5.74) is -0.389. The van der Waals surface area contributed by atoms with E-state index in [-0.39, 0.29) is 11.3 Å². The molecule has 82 valence electrons. The van der Waals surface area contributed by atoms with Gasteiger partial charge in [-0.05, 0) is 18.2 Å².